The Kier molecular flexibility index (Phi) is 4.04. The number of hydrogen-bond acceptors (Lipinski definition) is 9. The Balaban J connectivity index is 1.73. The van der Waals surface area contributed by atoms with Gasteiger partial charge in [0.15, 0.2) is 0 Å². The number of aliphatic hydroxyl groups is 1. The van der Waals surface area contributed by atoms with Gasteiger partial charge in [0, 0.05) is 25.0 Å². The first-order valence-electron chi connectivity index (χ1n) is 7.15. The maximum Gasteiger partial charge on any atom is 0.243 e. The molecule has 3 rings (SSSR count). The number of aromatic nitrogens is 3. The molecular formula is C12H21N7O2. The zero-order valence-corrected chi connectivity index (χ0v) is 11.9. The summed E-state index contributed by atoms with van der Waals surface area (Å²) in [5.74, 6) is 6.80. The second-order valence-electron chi connectivity index (χ2n) is 5.54. The smallest absolute Gasteiger partial charge is 0.243 e. The molecule has 21 heavy (non-hydrogen) atoms. The minimum absolute atomic E-state index is 0.0118. The Morgan fingerprint density at radius 3 is 2.52 bits per heavy atom. The first kappa shape index (κ1) is 14.2. The van der Waals surface area contributed by atoms with Gasteiger partial charge in [-0.05, 0) is 12.8 Å². The van der Waals surface area contributed by atoms with E-state index in [1.54, 1.807) is 0 Å². The van der Waals surface area contributed by atoms with E-state index >= 15 is 0 Å². The SMILES string of the molecule is NNc1nc(NCC2(CO)CC2)nc(N2CCOCC2)n1. The van der Waals surface area contributed by atoms with Crippen LogP contribution in [0.15, 0.2) is 0 Å². The van der Waals surface area contributed by atoms with E-state index in [1.165, 1.54) is 0 Å². The van der Waals surface area contributed by atoms with Crippen molar-refractivity contribution in [2.24, 2.45) is 11.3 Å². The first-order chi connectivity index (χ1) is 10.2. The molecule has 0 bridgehead atoms. The van der Waals surface area contributed by atoms with Crippen LogP contribution in [0.25, 0.3) is 0 Å². The van der Waals surface area contributed by atoms with Crippen LogP contribution in [0.1, 0.15) is 12.8 Å². The minimum atomic E-state index is -0.0118. The van der Waals surface area contributed by atoms with Crippen LogP contribution in [0.5, 0.6) is 0 Å². The van der Waals surface area contributed by atoms with Gasteiger partial charge in [-0.3, -0.25) is 5.43 Å². The van der Waals surface area contributed by atoms with Crippen LogP contribution >= 0.6 is 0 Å². The Hall–Kier alpha value is -1.71. The number of nitrogens with zero attached hydrogens (tertiary/aromatic N) is 4. The molecule has 9 heteroatoms. The van der Waals surface area contributed by atoms with Crippen molar-refractivity contribution in [3.05, 3.63) is 0 Å². The molecule has 116 valence electrons. The lowest BCUT2D eigenvalue weighted by atomic mass is 10.1. The van der Waals surface area contributed by atoms with E-state index in [9.17, 15) is 5.11 Å². The maximum atomic E-state index is 9.35. The molecule has 0 unspecified atom stereocenters. The quantitative estimate of drug-likeness (QED) is 0.394. The molecule has 1 aromatic rings. The highest BCUT2D eigenvalue weighted by Crippen LogP contribution is 2.44. The predicted molar refractivity (Wildman–Crippen MR) is 77.9 cm³/mol. The van der Waals surface area contributed by atoms with Crippen molar-refractivity contribution in [1.82, 2.24) is 15.0 Å². The van der Waals surface area contributed by atoms with Gasteiger partial charge in [-0.15, -0.1) is 0 Å². The van der Waals surface area contributed by atoms with Crippen molar-refractivity contribution >= 4 is 17.8 Å². The van der Waals surface area contributed by atoms with Crippen LogP contribution in [-0.4, -0.2) is 59.5 Å². The number of aliphatic hydroxyl groups excluding tert-OH is 1. The fraction of sp³-hybridized carbons (Fsp3) is 0.750. The van der Waals surface area contributed by atoms with Gasteiger partial charge in [0.05, 0.1) is 19.8 Å². The topological polar surface area (TPSA) is 121 Å². The van der Waals surface area contributed by atoms with Crippen LogP contribution in [0, 0.1) is 5.41 Å². The minimum Gasteiger partial charge on any atom is -0.396 e. The number of nitrogens with one attached hydrogen (secondary N) is 2. The molecule has 0 atom stereocenters. The summed E-state index contributed by atoms with van der Waals surface area (Å²) in [4.78, 5) is 14.9. The molecule has 1 aromatic heterocycles. The first-order valence-corrected chi connectivity index (χ1v) is 7.15. The van der Waals surface area contributed by atoms with E-state index in [1.807, 2.05) is 4.90 Å². The fourth-order valence-corrected chi connectivity index (χ4v) is 2.25. The molecule has 1 saturated heterocycles. The van der Waals surface area contributed by atoms with Crippen LogP contribution < -0.4 is 21.5 Å². The molecule has 0 amide bonds. The zero-order chi connectivity index (χ0) is 14.7. The van der Waals surface area contributed by atoms with Gasteiger partial charge in [-0.2, -0.15) is 15.0 Å². The van der Waals surface area contributed by atoms with E-state index in [2.05, 4.69) is 25.7 Å². The van der Waals surface area contributed by atoms with Gasteiger partial charge in [0.2, 0.25) is 17.8 Å². The molecule has 1 aliphatic carbocycles. The summed E-state index contributed by atoms with van der Waals surface area (Å²) < 4.78 is 5.33. The van der Waals surface area contributed by atoms with Crippen molar-refractivity contribution in [3.8, 4) is 0 Å². The summed E-state index contributed by atoms with van der Waals surface area (Å²) in [6, 6.07) is 0. The highest BCUT2D eigenvalue weighted by molar-refractivity contribution is 5.43. The number of hydrazine groups is 1. The summed E-state index contributed by atoms with van der Waals surface area (Å²) in [6.07, 6.45) is 2.06. The molecule has 0 spiro atoms. The molecule has 0 radical (unpaired) electrons. The highest BCUT2D eigenvalue weighted by atomic mass is 16.5. The van der Waals surface area contributed by atoms with Crippen molar-refractivity contribution in [1.29, 1.82) is 0 Å². The van der Waals surface area contributed by atoms with Crippen molar-refractivity contribution in [2.45, 2.75) is 12.8 Å². The average molecular weight is 295 g/mol. The van der Waals surface area contributed by atoms with E-state index in [-0.39, 0.29) is 12.0 Å². The largest absolute Gasteiger partial charge is 0.396 e. The summed E-state index contributed by atoms with van der Waals surface area (Å²) >= 11 is 0. The lowest BCUT2D eigenvalue weighted by Gasteiger charge is -2.27. The molecular weight excluding hydrogens is 274 g/mol. The van der Waals surface area contributed by atoms with Gasteiger partial charge < -0.3 is 20.1 Å². The number of anilines is 3. The molecule has 1 aliphatic heterocycles. The normalized spacial score (nSPS) is 20.2. The van der Waals surface area contributed by atoms with Gasteiger partial charge in [-0.25, -0.2) is 5.84 Å². The number of hydrogen-bond donors (Lipinski definition) is 4. The summed E-state index contributed by atoms with van der Waals surface area (Å²) in [5, 5.41) is 12.5. The lowest BCUT2D eigenvalue weighted by molar-refractivity contribution is 0.122. The van der Waals surface area contributed by atoms with E-state index in [4.69, 9.17) is 10.6 Å². The molecule has 2 fully saturated rings. The maximum absolute atomic E-state index is 9.35. The Labute approximate surface area is 122 Å². The number of morpholine rings is 1. The van der Waals surface area contributed by atoms with E-state index in [0.717, 1.165) is 25.9 Å². The Morgan fingerprint density at radius 1 is 1.19 bits per heavy atom. The molecule has 9 nitrogen and oxygen atoms in total. The standard InChI is InChI=1S/C12H21N7O2/c13-18-10-15-9(14-7-12(8-20)1-2-12)16-11(17-10)19-3-5-21-6-4-19/h20H,1-8,13H2,(H2,14,15,16,17,18). The lowest BCUT2D eigenvalue weighted by Crippen LogP contribution is -2.37. The monoisotopic (exact) mass is 295 g/mol. The second kappa shape index (κ2) is 5.96. The second-order valence-corrected chi connectivity index (χ2v) is 5.54. The van der Waals surface area contributed by atoms with Gasteiger partial charge in [0.25, 0.3) is 0 Å². The van der Waals surface area contributed by atoms with Gasteiger partial charge >= 0.3 is 0 Å². The third-order valence-electron chi connectivity index (χ3n) is 3.96. The van der Waals surface area contributed by atoms with Crippen LogP contribution in [0.3, 0.4) is 0 Å². The van der Waals surface area contributed by atoms with E-state index in [0.29, 0.717) is 37.6 Å². The van der Waals surface area contributed by atoms with Crippen molar-refractivity contribution < 1.29 is 9.84 Å². The van der Waals surface area contributed by atoms with Gasteiger partial charge in [0.1, 0.15) is 0 Å². The van der Waals surface area contributed by atoms with Crippen molar-refractivity contribution in [2.75, 3.05) is 55.1 Å². The average Bonchev–Trinajstić information content (AvgIpc) is 3.34. The van der Waals surface area contributed by atoms with E-state index < -0.39 is 0 Å². The summed E-state index contributed by atoms with van der Waals surface area (Å²) in [6.45, 7) is 3.65. The molecule has 2 aliphatic rings. The predicted octanol–water partition coefficient (Wildman–Crippen LogP) is -0.822. The van der Waals surface area contributed by atoms with Crippen LogP contribution in [-0.2, 0) is 4.74 Å². The summed E-state index contributed by atoms with van der Waals surface area (Å²) in [5.41, 5.74) is 2.45. The molecule has 2 heterocycles. The number of nitrogen functional groups attached to an aromatic ring is 1. The zero-order valence-electron chi connectivity index (χ0n) is 11.9. The van der Waals surface area contributed by atoms with Crippen LogP contribution in [0.4, 0.5) is 17.8 Å². The van der Waals surface area contributed by atoms with Crippen LogP contribution in [0.2, 0.25) is 0 Å². The Morgan fingerprint density at radius 2 is 1.90 bits per heavy atom. The third kappa shape index (κ3) is 3.31. The highest BCUT2D eigenvalue weighted by Gasteiger charge is 2.41. The third-order valence-corrected chi connectivity index (χ3v) is 3.96. The van der Waals surface area contributed by atoms with Crippen molar-refractivity contribution in [3.63, 3.8) is 0 Å². The number of nitrogens with two attached hydrogens (primary N) is 1. The Bertz CT molecular complexity index is 488. The molecule has 0 aromatic carbocycles. The number of ether oxygens (including phenoxy) is 1. The molecule has 5 N–H and O–H groups in total. The fourth-order valence-electron chi connectivity index (χ4n) is 2.25. The summed E-state index contributed by atoms with van der Waals surface area (Å²) in [7, 11) is 0. The van der Waals surface area contributed by atoms with Gasteiger partial charge in [-0.1, -0.05) is 0 Å². The molecule has 1 saturated carbocycles. The number of rotatable bonds is 6.